The summed E-state index contributed by atoms with van der Waals surface area (Å²) in [5, 5.41) is 0.655. The van der Waals surface area contributed by atoms with Crippen molar-refractivity contribution in [3.63, 3.8) is 0 Å². The van der Waals surface area contributed by atoms with Crippen molar-refractivity contribution in [2.75, 3.05) is 6.61 Å². The smallest absolute Gasteiger partial charge is 0.261 e. The molecule has 1 heterocycles. The molecule has 0 atom stereocenters. The van der Waals surface area contributed by atoms with Gasteiger partial charge in [-0.3, -0.25) is 4.79 Å². The van der Waals surface area contributed by atoms with Gasteiger partial charge in [0, 0.05) is 23.7 Å². The van der Waals surface area contributed by atoms with Crippen molar-refractivity contribution >= 4 is 17.5 Å². The summed E-state index contributed by atoms with van der Waals surface area (Å²) in [6, 6.07) is 13.9. The fourth-order valence-electron chi connectivity index (χ4n) is 2.71. The van der Waals surface area contributed by atoms with Gasteiger partial charge in [0.2, 0.25) is 0 Å². The van der Waals surface area contributed by atoms with Gasteiger partial charge in [-0.1, -0.05) is 49.7 Å². The average Bonchev–Trinajstić information content (AvgIpc) is 2.67. The number of fused-ring (bicyclic) bond motifs is 1. The molecule has 2 aromatic rings. The summed E-state index contributed by atoms with van der Waals surface area (Å²) in [5.41, 5.74) is 3.37. The molecule has 0 fully saturated rings. The Morgan fingerprint density at radius 2 is 1.91 bits per heavy atom. The Morgan fingerprint density at radius 3 is 2.61 bits per heavy atom. The Hall–Kier alpha value is -2.00. The van der Waals surface area contributed by atoms with Gasteiger partial charge >= 0.3 is 0 Å². The van der Waals surface area contributed by atoms with E-state index in [0.717, 1.165) is 16.9 Å². The van der Waals surface area contributed by atoms with Crippen molar-refractivity contribution in [3.8, 4) is 5.75 Å². The van der Waals surface area contributed by atoms with Gasteiger partial charge in [0.1, 0.15) is 5.75 Å². The largest absolute Gasteiger partial charge is 0.483 e. The van der Waals surface area contributed by atoms with Crippen LogP contribution in [0.15, 0.2) is 42.5 Å². The molecule has 0 aromatic heterocycles. The SMILES string of the molecule is CC(C)c1ccc(CN2Cc3cc(Cl)ccc3OCC2=O)cc1. The van der Waals surface area contributed by atoms with E-state index in [4.69, 9.17) is 16.3 Å². The number of nitrogens with zero attached hydrogens (tertiary/aromatic N) is 1. The molecule has 0 unspecified atom stereocenters. The summed E-state index contributed by atoms with van der Waals surface area (Å²) in [6.07, 6.45) is 0. The lowest BCUT2D eigenvalue weighted by molar-refractivity contribution is -0.133. The molecule has 0 saturated carbocycles. The van der Waals surface area contributed by atoms with E-state index >= 15 is 0 Å². The zero-order valence-corrected chi connectivity index (χ0v) is 14.1. The normalized spacial score (nSPS) is 14.4. The zero-order valence-electron chi connectivity index (χ0n) is 13.4. The van der Waals surface area contributed by atoms with E-state index in [1.807, 2.05) is 17.0 Å². The number of benzene rings is 2. The fourth-order valence-corrected chi connectivity index (χ4v) is 2.90. The minimum Gasteiger partial charge on any atom is -0.483 e. The molecule has 1 aliphatic rings. The summed E-state index contributed by atoms with van der Waals surface area (Å²) in [5.74, 6) is 1.23. The minimum atomic E-state index is -0.00902. The minimum absolute atomic E-state index is 0.00902. The van der Waals surface area contributed by atoms with E-state index in [-0.39, 0.29) is 12.5 Å². The third kappa shape index (κ3) is 3.67. The van der Waals surface area contributed by atoms with E-state index < -0.39 is 0 Å². The molecule has 4 heteroatoms. The van der Waals surface area contributed by atoms with Crippen molar-refractivity contribution in [1.29, 1.82) is 0 Å². The van der Waals surface area contributed by atoms with Crippen LogP contribution in [0, 0.1) is 0 Å². The second kappa shape index (κ2) is 6.63. The van der Waals surface area contributed by atoms with Gasteiger partial charge in [-0.2, -0.15) is 0 Å². The van der Waals surface area contributed by atoms with Crippen molar-refractivity contribution < 1.29 is 9.53 Å². The Morgan fingerprint density at radius 1 is 1.17 bits per heavy atom. The third-order valence-corrected chi connectivity index (χ3v) is 4.34. The summed E-state index contributed by atoms with van der Waals surface area (Å²) in [7, 11) is 0. The number of halogens is 1. The van der Waals surface area contributed by atoms with E-state index in [9.17, 15) is 4.79 Å². The predicted octanol–water partition coefficient (Wildman–Crippen LogP) is 4.38. The van der Waals surface area contributed by atoms with Gasteiger partial charge in [-0.05, 0) is 35.2 Å². The van der Waals surface area contributed by atoms with E-state index in [0.29, 0.717) is 24.0 Å². The number of rotatable bonds is 3. The second-order valence-corrected chi connectivity index (χ2v) is 6.62. The van der Waals surface area contributed by atoms with Crippen LogP contribution in [-0.2, 0) is 17.9 Å². The molecule has 3 nitrogen and oxygen atoms in total. The molecule has 0 radical (unpaired) electrons. The highest BCUT2D eigenvalue weighted by Gasteiger charge is 2.21. The zero-order chi connectivity index (χ0) is 16.4. The highest BCUT2D eigenvalue weighted by molar-refractivity contribution is 6.30. The quantitative estimate of drug-likeness (QED) is 0.836. The number of hydrogen-bond acceptors (Lipinski definition) is 2. The van der Waals surface area contributed by atoms with Gasteiger partial charge in [0.15, 0.2) is 6.61 Å². The van der Waals surface area contributed by atoms with E-state index in [1.165, 1.54) is 5.56 Å². The molecule has 3 rings (SSSR count). The second-order valence-electron chi connectivity index (χ2n) is 6.19. The highest BCUT2D eigenvalue weighted by Crippen LogP contribution is 2.27. The van der Waals surface area contributed by atoms with Crippen LogP contribution in [0.3, 0.4) is 0 Å². The number of hydrogen-bond donors (Lipinski definition) is 0. The Balaban J connectivity index is 1.79. The lowest BCUT2D eigenvalue weighted by Gasteiger charge is -2.20. The Kier molecular flexibility index (Phi) is 4.58. The van der Waals surface area contributed by atoms with Crippen molar-refractivity contribution in [2.45, 2.75) is 32.9 Å². The van der Waals surface area contributed by atoms with Gasteiger partial charge in [-0.25, -0.2) is 0 Å². The molecule has 0 saturated heterocycles. The standard InChI is InChI=1S/C19H20ClNO2/c1-13(2)15-5-3-14(4-6-15)10-21-11-16-9-17(20)7-8-18(16)23-12-19(21)22/h3-9,13H,10-12H2,1-2H3. The topological polar surface area (TPSA) is 29.5 Å². The van der Waals surface area contributed by atoms with Gasteiger partial charge in [0.05, 0.1) is 0 Å². The van der Waals surface area contributed by atoms with Crippen molar-refractivity contribution in [2.24, 2.45) is 0 Å². The van der Waals surface area contributed by atoms with Gasteiger partial charge in [-0.15, -0.1) is 0 Å². The molecule has 23 heavy (non-hydrogen) atoms. The lowest BCUT2D eigenvalue weighted by atomic mass is 10.0. The summed E-state index contributed by atoms with van der Waals surface area (Å²) in [4.78, 5) is 14.1. The van der Waals surface area contributed by atoms with Crippen LogP contribution in [0.1, 0.15) is 36.5 Å². The van der Waals surface area contributed by atoms with Gasteiger partial charge < -0.3 is 9.64 Å². The number of carbonyl (C=O) groups is 1. The molecule has 0 aliphatic carbocycles. The van der Waals surface area contributed by atoms with E-state index in [2.05, 4.69) is 38.1 Å². The first kappa shape index (κ1) is 15.9. The van der Waals surface area contributed by atoms with Gasteiger partial charge in [0.25, 0.3) is 5.91 Å². The first-order valence-corrected chi connectivity index (χ1v) is 8.18. The first-order valence-electron chi connectivity index (χ1n) is 7.81. The molecule has 120 valence electrons. The van der Waals surface area contributed by atoms with Crippen LogP contribution in [0.2, 0.25) is 5.02 Å². The number of carbonyl (C=O) groups excluding carboxylic acids is 1. The average molecular weight is 330 g/mol. The van der Waals surface area contributed by atoms with Crippen LogP contribution in [0.5, 0.6) is 5.75 Å². The third-order valence-electron chi connectivity index (χ3n) is 4.11. The maximum absolute atomic E-state index is 12.3. The van der Waals surface area contributed by atoms with Crippen LogP contribution in [0.25, 0.3) is 0 Å². The maximum Gasteiger partial charge on any atom is 0.261 e. The molecule has 2 aromatic carbocycles. The predicted molar refractivity (Wildman–Crippen MR) is 91.7 cm³/mol. The highest BCUT2D eigenvalue weighted by atomic mass is 35.5. The summed E-state index contributed by atoms with van der Waals surface area (Å²) in [6.45, 7) is 5.50. The Bertz CT molecular complexity index is 710. The maximum atomic E-state index is 12.3. The van der Waals surface area contributed by atoms with Crippen LogP contribution < -0.4 is 4.74 Å². The summed E-state index contributed by atoms with van der Waals surface area (Å²) < 4.78 is 5.58. The first-order chi connectivity index (χ1) is 11.0. The monoisotopic (exact) mass is 329 g/mol. The molecule has 1 amide bonds. The van der Waals surface area contributed by atoms with Crippen LogP contribution >= 0.6 is 11.6 Å². The number of ether oxygens (including phenoxy) is 1. The number of amides is 1. The molecule has 0 N–H and O–H groups in total. The van der Waals surface area contributed by atoms with Crippen molar-refractivity contribution in [1.82, 2.24) is 4.90 Å². The van der Waals surface area contributed by atoms with E-state index in [1.54, 1.807) is 6.07 Å². The lowest BCUT2D eigenvalue weighted by Crippen LogP contribution is -2.31. The van der Waals surface area contributed by atoms with Crippen molar-refractivity contribution in [3.05, 3.63) is 64.2 Å². The molecular formula is C19H20ClNO2. The Labute approximate surface area is 141 Å². The molecule has 0 spiro atoms. The molecule has 1 aliphatic heterocycles. The van der Waals surface area contributed by atoms with Crippen LogP contribution in [-0.4, -0.2) is 17.4 Å². The molecule has 0 bridgehead atoms. The molecular weight excluding hydrogens is 310 g/mol. The fraction of sp³-hybridized carbons (Fsp3) is 0.316. The van der Waals surface area contributed by atoms with Crippen LogP contribution in [0.4, 0.5) is 0 Å². The summed E-state index contributed by atoms with van der Waals surface area (Å²) >= 11 is 6.06.